The van der Waals surface area contributed by atoms with Crippen LogP contribution in [0, 0.1) is 0 Å². The summed E-state index contributed by atoms with van der Waals surface area (Å²) in [5, 5.41) is 0. The summed E-state index contributed by atoms with van der Waals surface area (Å²) in [6.07, 6.45) is 0. The zero-order valence-electron chi connectivity index (χ0n) is 4.09. The predicted octanol–water partition coefficient (Wildman–Crippen LogP) is 0.322. The molecule has 0 aliphatic carbocycles. The second kappa shape index (κ2) is 6.03. The summed E-state index contributed by atoms with van der Waals surface area (Å²) in [6, 6.07) is 0. The molecule has 0 heterocycles. The number of rotatable bonds is 2. The fraction of sp³-hybridized carbons (Fsp3) is 1.00. The highest BCUT2D eigenvalue weighted by Gasteiger charge is 1.82. The van der Waals surface area contributed by atoms with Crippen LogP contribution in [0.25, 0.3) is 0 Å². The monoisotopic (exact) mass is 127 g/mol. The average Bonchev–Trinajstić information content (AvgIpc) is 1.35. The van der Waals surface area contributed by atoms with Gasteiger partial charge in [-0.25, -0.2) is 0 Å². The van der Waals surface area contributed by atoms with Crippen LogP contribution < -0.4 is 6.15 Å². The Balaban J connectivity index is 0. The van der Waals surface area contributed by atoms with E-state index in [4.69, 9.17) is 4.55 Å². The van der Waals surface area contributed by atoms with E-state index in [9.17, 15) is 4.21 Å². The van der Waals surface area contributed by atoms with Crippen LogP contribution in [0.5, 0.6) is 0 Å². The molecule has 4 nitrogen and oxygen atoms in total. The maximum atomic E-state index is 9.49. The summed E-state index contributed by atoms with van der Waals surface area (Å²) >= 11 is -2.07. The maximum Gasteiger partial charge on any atom is 0.301 e. The molecule has 0 aromatic heterocycles. The molecule has 1 unspecified atom stereocenters. The molecule has 0 amide bonds. The standard InChI is InChI=1S/C2H6O3S.H3N/c1-2-5-6(3)4;/h2H2,1H3,(H,3,4);1H3. The van der Waals surface area contributed by atoms with Crippen LogP contribution in [-0.2, 0) is 15.5 Å². The Labute approximate surface area is 44.9 Å². The van der Waals surface area contributed by atoms with Crippen LogP contribution in [-0.4, -0.2) is 15.4 Å². The van der Waals surface area contributed by atoms with Gasteiger partial charge in [-0.1, -0.05) is 0 Å². The number of hydrogen-bond acceptors (Lipinski definition) is 3. The van der Waals surface area contributed by atoms with Crippen molar-refractivity contribution in [3.63, 3.8) is 0 Å². The van der Waals surface area contributed by atoms with Crippen LogP contribution in [0.3, 0.4) is 0 Å². The molecule has 0 fully saturated rings. The van der Waals surface area contributed by atoms with Gasteiger partial charge >= 0.3 is 11.4 Å². The van der Waals surface area contributed by atoms with Gasteiger partial charge in [0.05, 0.1) is 6.61 Å². The molecule has 7 heavy (non-hydrogen) atoms. The van der Waals surface area contributed by atoms with Crippen LogP contribution in [0.15, 0.2) is 0 Å². The highest BCUT2D eigenvalue weighted by atomic mass is 32.2. The van der Waals surface area contributed by atoms with Gasteiger partial charge in [-0.05, 0) is 6.92 Å². The molecule has 0 aliphatic heterocycles. The SMILES string of the molecule is CCOS(=O)O.N. The van der Waals surface area contributed by atoms with E-state index in [1.165, 1.54) is 0 Å². The van der Waals surface area contributed by atoms with Crippen molar-refractivity contribution in [2.75, 3.05) is 6.61 Å². The Morgan fingerprint density at radius 2 is 2.29 bits per heavy atom. The molecular weight excluding hydrogens is 118 g/mol. The molecule has 0 aromatic carbocycles. The molecule has 0 aromatic rings. The molecule has 0 saturated heterocycles. The molecule has 0 bridgehead atoms. The van der Waals surface area contributed by atoms with Gasteiger partial charge in [-0.2, -0.15) is 4.21 Å². The van der Waals surface area contributed by atoms with Crippen LogP contribution in [0.4, 0.5) is 0 Å². The zero-order valence-corrected chi connectivity index (χ0v) is 4.90. The first-order chi connectivity index (χ1) is 2.77. The first-order valence-electron chi connectivity index (χ1n) is 1.51. The first kappa shape index (κ1) is 10.1. The summed E-state index contributed by atoms with van der Waals surface area (Å²) in [7, 11) is 0. The Morgan fingerprint density at radius 3 is 2.29 bits per heavy atom. The summed E-state index contributed by atoms with van der Waals surface area (Å²) in [6.45, 7) is 1.93. The minimum atomic E-state index is -2.07. The van der Waals surface area contributed by atoms with Gasteiger partial charge in [0.1, 0.15) is 0 Å². The van der Waals surface area contributed by atoms with Crippen molar-refractivity contribution in [3.8, 4) is 0 Å². The van der Waals surface area contributed by atoms with Crippen molar-refractivity contribution < 1.29 is 12.9 Å². The van der Waals surface area contributed by atoms with Crippen LogP contribution >= 0.6 is 0 Å². The summed E-state index contributed by atoms with van der Waals surface area (Å²) in [5.41, 5.74) is 0. The Bertz CT molecular complexity index is 56.9. The molecule has 0 radical (unpaired) electrons. The second-order valence-electron chi connectivity index (χ2n) is 0.624. The predicted molar refractivity (Wildman–Crippen MR) is 27.4 cm³/mol. The molecule has 5 heteroatoms. The summed E-state index contributed by atoms with van der Waals surface area (Å²) in [5.74, 6) is 0. The van der Waals surface area contributed by atoms with E-state index >= 15 is 0 Å². The zero-order chi connectivity index (χ0) is 4.99. The molecule has 1 atom stereocenters. The Morgan fingerprint density at radius 1 is 1.86 bits per heavy atom. The fourth-order valence-electron chi connectivity index (χ4n) is 0.101. The van der Waals surface area contributed by atoms with Crippen molar-refractivity contribution in [3.05, 3.63) is 0 Å². The summed E-state index contributed by atoms with van der Waals surface area (Å²) < 4.78 is 21.4. The smallest absolute Gasteiger partial charge is 0.301 e. The molecule has 46 valence electrons. The maximum absolute atomic E-state index is 9.49. The van der Waals surface area contributed by atoms with Crippen molar-refractivity contribution in [1.82, 2.24) is 6.15 Å². The van der Waals surface area contributed by atoms with E-state index in [1.54, 1.807) is 6.92 Å². The Hall–Kier alpha value is 0.0300. The average molecular weight is 127 g/mol. The normalized spacial score (nSPS) is 12.3. The van der Waals surface area contributed by atoms with E-state index in [0.29, 0.717) is 0 Å². The molecule has 0 saturated carbocycles. The fourth-order valence-corrected chi connectivity index (χ4v) is 0.302. The molecule has 0 aliphatic rings. The lowest BCUT2D eigenvalue weighted by Crippen LogP contribution is -1.91. The van der Waals surface area contributed by atoms with Crippen LogP contribution in [0.2, 0.25) is 0 Å². The van der Waals surface area contributed by atoms with Gasteiger partial charge in [0.25, 0.3) is 0 Å². The third kappa shape index (κ3) is 10.7. The van der Waals surface area contributed by atoms with E-state index in [2.05, 4.69) is 4.18 Å². The van der Waals surface area contributed by atoms with Gasteiger partial charge in [-0.3, -0.25) is 8.74 Å². The number of hydrogen-bond donors (Lipinski definition) is 2. The van der Waals surface area contributed by atoms with Gasteiger partial charge in [0.15, 0.2) is 0 Å². The van der Waals surface area contributed by atoms with Crippen molar-refractivity contribution in [1.29, 1.82) is 0 Å². The largest absolute Gasteiger partial charge is 0.344 e. The lowest BCUT2D eigenvalue weighted by Gasteiger charge is -1.84. The Kier molecular flexibility index (Phi) is 8.70. The third-order valence-electron chi connectivity index (χ3n) is 0.219. The third-order valence-corrected chi connectivity index (χ3v) is 0.656. The molecule has 0 rings (SSSR count). The molecule has 0 spiro atoms. The van der Waals surface area contributed by atoms with Crippen molar-refractivity contribution >= 4 is 11.4 Å². The van der Waals surface area contributed by atoms with Gasteiger partial charge in [0, 0.05) is 0 Å². The first-order valence-corrected chi connectivity index (χ1v) is 2.54. The molecule has 4 N–H and O–H groups in total. The van der Waals surface area contributed by atoms with E-state index in [0.717, 1.165) is 0 Å². The second-order valence-corrected chi connectivity index (χ2v) is 1.29. The van der Waals surface area contributed by atoms with E-state index < -0.39 is 11.4 Å². The topological polar surface area (TPSA) is 81.5 Å². The molecular formula is C2H9NO3S. The van der Waals surface area contributed by atoms with E-state index in [1.807, 2.05) is 0 Å². The van der Waals surface area contributed by atoms with E-state index in [-0.39, 0.29) is 12.8 Å². The minimum absolute atomic E-state index is 0. The quantitative estimate of drug-likeness (QED) is 0.523. The highest BCUT2D eigenvalue weighted by molar-refractivity contribution is 7.74. The lowest BCUT2D eigenvalue weighted by atomic mass is 10.9. The lowest BCUT2D eigenvalue weighted by molar-refractivity contribution is 0.325. The van der Waals surface area contributed by atoms with Crippen molar-refractivity contribution in [2.45, 2.75) is 6.92 Å². The van der Waals surface area contributed by atoms with Gasteiger partial charge < -0.3 is 6.15 Å². The minimum Gasteiger partial charge on any atom is -0.344 e. The van der Waals surface area contributed by atoms with Gasteiger partial charge in [-0.15, -0.1) is 0 Å². The summed E-state index contributed by atoms with van der Waals surface area (Å²) in [4.78, 5) is 0. The van der Waals surface area contributed by atoms with Gasteiger partial charge in [0.2, 0.25) is 0 Å². The highest BCUT2D eigenvalue weighted by Crippen LogP contribution is 1.72. The van der Waals surface area contributed by atoms with Crippen molar-refractivity contribution in [2.24, 2.45) is 0 Å². The van der Waals surface area contributed by atoms with Crippen LogP contribution in [0.1, 0.15) is 6.92 Å².